The SMILES string of the molecule is CCN(C)CCOP(O)O. The van der Waals surface area contributed by atoms with Gasteiger partial charge < -0.3 is 19.2 Å². The summed E-state index contributed by atoms with van der Waals surface area (Å²) in [5.41, 5.74) is 0. The summed E-state index contributed by atoms with van der Waals surface area (Å²) in [5, 5.41) is 0. The maximum atomic E-state index is 8.32. The van der Waals surface area contributed by atoms with Gasteiger partial charge in [0.2, 0.25) is 0 Å². The Kier molecular flexibility index (Phi) is 6.17. The summed E-state index contributed by atoms with van der Waals surface area (Å²) in [6.45, 7) is 4.08. The normalized spacial score (nSPS) is 11.4. The summed E-state index contributed by atoms with van der Waals surface area (Å²) >= 11 is 0. The Hall–Kier alpha value is 0.270. The van der Waals surface area contributed by atoms with Crippen molar-refractivity contribution in [1.29, 1.82) is 0 Å². The van der Waals surface area contributed by atoms with Crippen molar-refractivity contribution in [3.63, 3.8) is 0 Å². The molecule has 0 rings (SSSR count). The molecule has 0 spiro atoms. The molecule has 0 saturated carbocycles. The van der Waals surface area contributed by atoms with Gasteiger partial charge in [0.15, 0.2) is 0 Å². The zero-order chi connectivity index (χ0) is 7.98. The van der Waals surface area contributed by atoms with Crippen LogP contribution in [-0.2, 0) is 4.52 Å². The minimum absolute atomic E-state index is 0.378. The average Bonchev–Trinajstić information content (AvgIpc) is 1.87. The number of hydrogen-bond donors (Lipinski definition) is 2. The molecule has 2 N–H and O–H groups in total. The van der Waals surface area contributed by atoms with Crippen molar-refractivity contribution >= 4 is 8.60 Å². The van der Waals surface area contributed by atoms with E-state index in [2.05, 4.69) is 4.52 Å². The van der Waals surface area contributed by atoms with E-state index < -0.39 is 8.60 Å². The largest absolute Gasteiger partial charge is 0.328 e. The highest BCUT2D eigenvalue weighted by atomic mass is 31.2. The molecule has 0 radical (unpaired) electrons. The third-order valence-electron chi connectivity index (χ3n) is 1.22. The molecule has 10 heavy (non-hydrogen) atoms. The highest BCUT2D eigenvalue weighted by Crippen LogP contribution is 2.23. The van der Waals surface area contributed by atoms with Gasteiger partial charge >= 0.3 is 8.60 Å². The number of rotatable bonds is 5. The predicted molar refractivity (Wildman–Crippen MR) is 40.5 cm³/mol. The fraction of sp³-hybridized carbons (Fsp3) is 1.00. The van der Waals surface area contributed by atoms with Crippen molar-refractivity contribution in [2.75, 3.05) is 26.7 Å². The van der Waals surface area contributed by atoms with Crippen LogP contribution in [0.3, 0.4) is 0 Å². The second kappa shape index (κ2) is 6.01. The van der Waals surface area contributed by atoms with Gasteiger partial charge in [0, 0.05) is 6.54 Å². The van der Waals surface area contributed by atoms with Crippen LogP contribution in [0.15, 0.2) is 0 Å². The molecule has 0 saturated heterocycles. The lowest BCUT2D eigenvalue weighted by Gasteiger charge is -2.13. The van der Waals surface area contributed by atoms with E-state index in [-0.39, 0.29) is 0 Å². The van der Waals surface area contributed by atoms with E-state index in [0.29, 0.717) is 6.61 Å². The van der Waals surface area contributed by atoms with Gasteiger partial charge in [-0.15, -0.1) is 0 Å². The monoisotopic (exact) mass is 167 g/mol. The first-order valence-corrected chi connectivity index (χ1v) is 4.32. The predicted octanol–water partition coefficient (Wildman–Crippen LogP) is 0.166. The molecule has 62 valence electrons. The van der Waals surface area contributed by atoms with E-state index in [1.165, 1.54) is 0 Å². The van der Waals surface area contributed by atoms with Gasteiger partial charge in [-0.1, -0.05) is 6.92 Å². The molecule has 0 aromatic rings. The van der Waals surface area contributed by atoms with Crippen LogP contribution in [-0.4, -0.2) is 41.4 Å². The first-order chi connectivity index (χ1) is 4.66. The molecule has 5 heteroatoms. The third kappa shape index (κ3) is 6.39. The summed E-state index contributed by atoms with van der Waals surface area (Å²) in [4.78, 5) is 18.7. The van der Waals surface area contributed by atoms with E-state index in [4.69, 9.17) is 9.79 Å². The first-order valence-electron chi connectivity index (χ1n) is 3.16. The fourth-order valence-electron chi connectivity index (χ4n) is 0.436. The van der Waals surface area contributed by atoms with Crippen molar-refractivity contribution in [2.45, 2.75) is 6.92 Å². The Bertz CT molecular complexity index is 81.3. The quantitative estimate of drug-likeness (QED) is 0.573. The van der Waals surface area contributed by atoms with E-state index in [1.54, 1.807) is 0 Å². The van der Waals surface area contributed by atoms with Crippen LogP contribution in [0.1, 0.15) is 6.92 Å². The average molecular weight is 167 g/mol. The van der Waals surface area contributed by atoms with Gasteiger partial charge in [0.1, 0.15) is 0 Å². The fourth-order valence-corrected chi connectivity index (χ4v) is 0.681. The van der Waals surface area contributed by atoms with Crippen LogP contribution in [0.5, 0.6) is 0 Å². The van der Waals surface area contributed by atoms with E-state index in [1.807, 2.05) is 18.9 Å². The highest BCUT2D eigenvalue weighted by molar-refractivity contribution is 7.39. The summed E-state index contributed by atoms with van der Waals surface area (Å²) in [7, 11) is -0.218. The topological polar surface area (TPSA) is 52.9 Å². The molecule has 0 unspecified atom stereocenters. The number of likely N-dealkylation sites (N-methyl/N-ethyl adjacent to an activating group) is 1. The summed E-state index contributed by atoms with van der Waals surface area (Å²) in [6.07, 6.45) is 0. The molecular formula is C5H14NO3P. The Morgan fingerprint density at radius 1 is 1.50 bits per heavy atom. The second-order valence-electron chi connectivity index (χ2n) is 1.98. The van der Waals surface area contributed by atoms with Gasteiger partial charge in [0.05, 0.1) is 6.61 Å². The van der Waals surface area contributed by atoms with Crippen LogP contribution in [0, 0.1) is 0 Å². The van der Waals surface area contributed by atoms with E-state index >= 15 is 0 Å². The van der Waals surface area contributed by atoms with Crippen molar-refractivity contribution in [3.8, 4) is 0 Å². The maximum Gasteiger partial charge on any atom is 0.327 e. The van der Waals surface area contributed by atoms with Gasteiger partial charge in [-0.2, -0.15) is 0 Å². The number of hydrogen-bond acceptors (Lipinski definition) is 4. The molecule has 0 heterocycles. The second-order valence-corrected chi connectivity index (χ2v) is 2.75. The van der Waals surface area contributed by atoms with Crippen molar-refractivity contribution < 1.29 is 14.3 Å². The standard InChI is InChI=1S/C5H14NO3P/c1-3-6(2)4-5-9-10(7)8/h7-8H,3-5H2,1-2H3. The Labute approximate surface area is 62.4 Å². The Balaban J connectivity index is 3.03. The van der Waals surface area contributed by atoms with Crippen molar-refractivity contribution in [3.05, 3.63) is 0 Å². The molecule has 0 aromatic heterocycles. The Morgan fingerprint density at radius 3 is 2.50 bits per heavy atom. The minimum atomic E-state index is -2.16. The Morgan fingerprint density at radius 2 is 2.10 bits per heavy atom. The van der Waals surface area contributed by atoms with Gasteiger partial charge in [-0.3, -0.25) is 0 Å². The third-order valence-corrected chi connectivity index (χ3v) is 1.63. The molecule has 0 aliphatic heterocycles. The van der Waals surface area contributed by atoms with Crippen LogP contribution < -0.4 is 0 Å². The summed E-state index contributed by atoms with van der Waals surface area (Å²) in [6, 6.07) is 0. The maximum absolute atomic E-state index is 8.32. The van der Waals surface area contributed by atoms with E-state index in [9.17, 15) is 0 Å². The van der Waals surface area contributed by atoms with E-state index in [0.717, 1.165) is 13.1 Å². The molecule has 0 aliphatic carbocycles. The van der Waals surface area contributed by atoms with Crippen LogP contribution >= 0.6 is 8.60 Å². The lowest BCUT2D eigenvalue weighted by molar-refractivity contribution is 0.214. The van der Waals surface area contributed by atoms with Crippen LogP contribution in [0.2, 0.25) is 0 Å². The summed E-state index contributed by atoms with van der Waals surface area (Å²) in [5.74, 6) is 0. The summed E-state index contributed by atoms with van der Waals surface area (Å²) < 4.78 is 4.55. The number of nitrogens with zero attached hydrogens (tertiary/aromatic N) is 1. The molecule has 0 fully saturated rings. The first kappa shape index (κ1) is 10.3. The molecule has 0 atom stereocenters. The van der Waals surface area contributed by atoms with Crippen molar-refractivity contribution in [2.24, 2.45) is 0 Å². The van der Waals surface area contributed by atoms with Crippen LogP contribution in [0.4, 0.5) is 0 Å². The lowest BCUT2D eigenvalue weighted by atomic mass is 10.6. The van der Waals surface area contributed by atoms with Gasteiger partial charge in [-0.25, -0.2) is 0 Å². The zero-order valence-corrected chi connectivity index (χ0v) is 7.21. The molecule has 0 bridgehead atoms. The smallest absolute Gasteiger partial charge is 0.327 e. The molecular weight excluding hydrogens is 153 g/mol. The minimum Gasteiger partial charge on any atom is -0.328 e. The molecule has 0 amide bonds. The molecule has 0 aliphatic rings. The van der Waals surface area contributed by atoms with Crippen molar-refractivity contribution in [1.82, 2.24) is 4.90 Å². The molecule has 4 nitrogen and oxygen atoms in total. The molecule has 0 aromatic carbocycles. The lowest BCUT2D eigenvalue weighted by Crippen LogP contribution is -2.21. The van der Waals surface area contributed by atoms with Gasteiger partial charge in [-0.05, 0) is 13.6 Å². The van der Waals surface area contributed by atoms with Gasteiger partial charge in [0.25, 0.3) is 0 Å². The highest BCUT2D eigenvalue weighted by Gasteiger charge is 1.99. The van der Waals surface area contributed by atoms with Crippen LogP contribution in [0.25, 0.3) is 0 Å². The zero-order valence-electron chi connectivity index (χ0n) is 6.32.